The number of carbonyl (C=O) groups is 2. The summed E-state index contributed by atoms with van der Waals surface area (Å²) in [6.07, 6.45) is 1.77. The molecule has 4 nitrogen and oxygen atoms in total. The lowest BCUT2D eigenvalue weighted by molar-refractivity contribution is -0.121. The van der Waals surface area contributed by atoms with Crippen molar-refractivity contribution in [2.45, 2.75) is 12.8 Å². The predicted octanol–water partition coefficient (Wildman–Crippen LogP) is 2.51. The molecule has 1 aliphatic rings. The smallest absolute Gasteiger partial charge is 0.308 e. The van der Waals surface area contributed by atoms with Gasteiger partial charge in [-0.25, -0.2) is 4.79 Å². The molecule has 16 heavy (non-hydrogen) atoms. The Labute approximate surface area is 102 Å². The number of benzene rings is 1. The number of hydrogen-bond donors (Lipinski definition) is 2. The second kappa shape index (κ2) is 4.65. The van der Waals surface area contributed by atoms with Gasteiger partial charge < -0.3 is 5.32 Å². The number of hydrogen-bond acceptors (Lipinski definition) is 2. The lowest BCUT2D eigenvalue weighted by Gasteiger charge is -2.06. The molecule has 3 amide bonds. The number of halogens is 1. The molecule has 0 unspecified atom stereocenters. The van der Waals surface area contributed by atoms with Crippen LogP contribution in [0, 0.1) is 5.92 Å². The van der Waals surface area contributed by atoms with Gasteiger partial charge in [-0.2, -0.15) is 0 Å². The van der Waals surface area contributed by atoms with E-state index in [9.17, 15) is 9.59 Å². The highest BCUT2D eigenvalue weighted by Gasteiger charge is 2.30. The molecule has 5 heteroatoms. The van der Waals surface area contributed by atoms with E-state index in [2.05, 4.69) is 26.6 Å². The Morgan fingerprint density at radius 2 is 2.06 bits per heavy atom. The third-order valence-corrected chi connectivity index (χ3v) is 2.76. The Hall–Kier alpha value is -1.36. The number of rotatable bonds is 2. The molecule has 2 N–H and O–H groups in total. The van der Waals surface area contributed by atoms with Gasteiger partial charge in [0, 0.05) is 16.1 Å². The Bertz CT molecular complexity index is 430. The molecule has 84 valence electrons. The highest BCUT2D eigenvalue weighted by Crippen LogP contribution is 2.28. The minimum absolute atomic E-state index is 0.0354. The number of nitrogens with one attached hydrogen (secondary N) is 2. The zero-order valence-electron chi connectivity index (χ0n) is 8.50. The van der Waals surface area contributed by atoms with E-state index in [0.29, 0.717) is 5.69 Å². The summed E-state index contributed by atoms with van der Waals surface area (Å²) in [5.41, 5.74) is 0.649. The molecule has 1 aromatic rings. The van der Waals surface area contributed by atoms with E-state index in [0.717, 1.165) is 17.3 Å². The molecule has 0 saturated heterocycles. The van der Waals surface area contributed by atoms with Crippen LogP contribution in [0.15, 0.2) is 28.7 Å². The summed E-state index contributed by atoms with van der Waals surface area (Å²) in [6, 6.07) is 6.71. The lowest BCUT2D eigenvalue weighted by atomic mass is 10.3. The lowest BCUT2D eigenvalue weighted by Crippen LogP contribution is -2.35. The van der Waals surface area contributed by atoms with Crippen LogP contribution in [-0.4, -0.2) is 11.9 Å². The fourth-order valence-corrected chi connectivity index (χ4v) is 1.69. The first-order valence-electron chi connectivity index (χ1n) is 5.02. The van der Waals surface area contributed by atoms with Crippen LogP contribution >= 0.6 is 15.9 Å². The molecule has 0 atom stereocenters. The summed E-state index contributed by atoms with van der Waals surface area (Å²) in [5.74, 6) is -0.152. The maximum absolute atomic E-state index is 11.4. The number of amides is 3. The van der Waals surface area contributed by atoms with Crippen LogP contribution in [0.3, 0.4) is 0 Å². The van der Waals surface area contributed by atoms with E-state index < -0.39 is 6.03 Å². The van der Waals surface area contributed by atoms with E-state index in [1.54, 1.807) is 12.1 Å². The van der Waals surface area contributed by atoms with Crippen molar-refractivity contribution in [3.05, 3.63) is 28.7 Å². The molecule has 0 aliphatic heterocycles. The van der Waals surface area contributed by atoms with Gasteiger partial charge in [0.25, 0.3) is 0 Å². The summed E-state index contributed by atoms with van der Waals surface area (Å²) in [7, 11) is 0. The highest BCUT2D eigenvalue weighted by atomic mass is 79.9. The Kier molecular flexibility index (Phi) is 3.24. The summed E-state index contributed by atoms with van der Waals surface area (Å²) >= 11 is 3.30. The second-order valence-corrected chi connectivity index (χ2v) is 4.64. The molecule has 1 fully saturated rings. The van der Waals surface area contributed by atoms with Crippen molar-refractivity contribution >= 4 is 33.6 Å². The van der Waals surface area contributed by atoms with Crippen LogP contribution in [0.25, 0.3) is 0 Å². The van der Waals surface area contributed by atoms with E-state index in [4.69, 9.17) is 0 Å². The van der Waals surface area contributed by atoms with E-state index in [1.165, 1.54) is 0 Å². The number of imide groups is 1. The second-order valence-electron chi connectivity index (χ2n) is 3.73. The van der Waals surface area contributed by atoms with Gasteiger partial charge in [-0.15, -0.1) is 0 Å². The van der Waals surface area contributed by atoms with Gasteiger partial charge in [0.1, 0.15) is 0 Å². The molecular weight excluding hydrogens is 272 g/mol. The van der Waals surface area contributed by atoms with Gasteiger partial charge in [0.05, 0.1) is 0 Å². The Balaban J connectivity index is 1.89. The number of urea groups is 1. The van der Waals surface area contributed by atoms with Crippen LogP contribution in [0.4, 0.5) is 10.5 Å². The van der Waals surface area contributed by atoms with Gasteiger partial charge in [-0.1, -0.05) is 22.0 Å². The topological polar surface area (TPSA) is 58.2 Å². The van der Waals surface area contributed by atoms with Crippen molar-refractivity contribution in [1.29, 1.82) is 0 Å². The van der Waals surface area contributed by atoms with Crippen LogP contribution in [-0.2, 0) is 4.79 Å². The maximum Gasteiger partial charge on any atom is 0.325 e. The van der Waals surface area contributed by atoms with Crippen LogP contribution in [0.5, 0.6) is 0 Å². The van der Waals surface area contributed by atoms with Crippen molar-refractivity contribution in [3.8, 4) is 0 Å². The summed E-state index contributed by atoms with van der Waals surface area (Å²) in [5, 5.41) is 4.90. The molecule has 1 saturated carbocycles. The zero-order chi connectivity index (χ0) is 11.5. The third kappa shape index (κ3) is 3.06. The molecule has 1 aliphatic carbocycles. The van der Waals surface area contributed by atoms with Crippen molar-refractivity contribution < 1.29 is 9.59 Å². The largest absolute Gasteiger partial charge is 0.325 e. The fraction of sp³-hybridized carbons (Fsp3) is 0.273. The van der Waals surface area contributed by atoms with Crippen molar-refractivity contribution in [3.63, 3.8) is 0 Å². The quantitative estimate of drug-likeness (QED) is 0.876. The monoisotopic (exact) mass is 282 g/mol. The SMILES string of the molecule is O=C(NC(=O)C1CC1)Nc1cccc(Br)c1. The standard InChI is InChI=1S/C11H11BrN2O2/c12-8-2-1-3-9(6-8)13-11(16)14-10(15)7-4-5-7/h1-3,6-7H,4-5H2,(H2,13,14,15,16). The van der Waals surface area contributed by atoms with Crippen molar-refractivity contribution in [1.82, 2.24) is 5.32 Å². The number of carbonyl (C=O) groups excluding carboxylic acids is 2. The van der Waals surface area contributed by atoms with Gasteiger partial charge in [0.2, 0.25) is 5.91 Å². The molecule has 0 spiro atoms. The third-order valence-electron chi connectivity index (χ3n) is 2.27. The number of anilines is 1. The van der Waals surface area contributed by atoms with Crippen LogP contribution < -0.4 is 10.6 Å². The fourth-order valence-electron chi connectivity index (χ4n) is 1.29. The van der Waals surface area contributed by atoms with Crippen molar-refractivity contribution in [2.24, 2.45) is 5.92 Å². The summed E-state index contributed by atoms with van der Waals surface area (Å²) in [4.78, 5) is 22.7. The molecule has 0 heterocycles. The minimum Gasteiger partial charge on any atom is -0.308 e. The molecular formula is C11H11BrN2O2. The van der Waals surface area contributed by atoms with E-state index in [-0.39, 0.29) is 11.8 Å². The van der Waals surface area contributed by atoms with Gasteiger partial charge in [-0.05, 0) is 31.0 Å². The zero-order valence-corrected chi connectivity index (χ0v) is 10.1. The van der Waals surface area contributed by atoms with Gasteiger partial charge in [0.15, 0.2) is 0 Å². The van der Waals surface area contributed by atoms with E-state index in [1.807, 2.05) is 12.1 Å². The molecule has 1 aromatic carbocycles. The predicted molar refractivity (Wildman–Crippen MR) is 64.0 cm³/mol. The van der Waals surface area contributed by atoms with Crippen LogP contribution in [0.1, 0.15) is 12.8 Å². The summed E-state index contributed by atoms with van der Waals surface area (Å²) in [6.45, 7) is 0. The molecule has 0 aromatic heterocycles. The van der Waals surface area contributed by atoms with Crippen molar-refractivity contribution in [2.75, 3.05) is 5.32 Å². The molecule has 2 rings (SSSR count). The molecule has 0 bridgehead atoms. The summed E-state index contributed by atoms with van der Waals surface area (Å²) < 4.78 is 0.874. The first-order chi connectivity index (χ1) is 7.65. The average Bonchev–Trinajstić information content (AvgIpc) is 2.99. The Morgan fingerprint density at radius 3 is 2.69 bits per heavy atom. The molecule has 0 radical (unpaired) electrons. The van der Waals surface area contributed by atoms with Gasteiger partial charge >= 0.3 is 6.03 Å². The van der Waals surface area contributed by atoms with E-state index >= 15 is 0 Å². The van der Waals surface area contributed by atoms with Crippen LogP contribution in [0.2, 0.25) is 0 Å². The minimum atomic E-state index is -0.477. The normalized spacial score (nSPS) is 14.3. The Morgan fingerprint density at radius 1 is 1.31 bits per heavy atom. The maximum atomic E-state index is 11.4. The average molecular weight is 283 g/mol. The first-order valence-corrected chi connectivity index (χ1v) is 5.82. The van der Waals surface area contributed by atoms with Gasteiger partial charge in [-0.3, -0.25) is 10.1 Å². The highest BCUT2D eigenvalue weighted by molar-refractivity contribution is 9.10. The first kappa shape index (κ1) is 11.1.